The number of ether oxygens (including phenoxy) is 1. The van der Waals surface area contributed by atoms with Crippen molar-refractivity contribution in [3.63, 3.8) is 0 Å². The zero-order valence-electron chi connectivity index (χ0n) is 15.2. The van der Waals surface area contributed by atoms with E-state index >= 15 is 0 Å². The first kappa shape index (κ1) is 17.2. The lowest BCUT2D eigenvalue weighted by Gasteiger charge is -2.33. The number of aromatic nitrogens is 2. The second-order valence-corrected chi connectivity index (χ2v) is 7.18. The third-order valence-corrected chi connectivity index (χ3v) is 5.35. The molecule has 1 aromatic carbocycles. The van der Waals surface area contributed by atoms with Gasteiger partial charge in [0.2, 0.25) is 5.91 Å². The van der Waals surface area contributed by atoms with Crippen molar-refractivity contribution >= 4 is 5.91 Å². The molecule has 4 rings (SSSR count). The highest BCUT2D eigenvalue weighted by molar-refractivity contribution is 5.73. The maximum Gasteiger partial charge on any atom is 0.219 e. The molecule has 6 nitrogen and oxygen atoms in total. The number of rotatable bonds is 4. The summed E-state index contributed by atoms with van der Waals surface area (Å²) in [5.74, 6) is 1.18. The highest BCUT2D eigenvalue weighted by Gasteiger charge is 2.24. The van der Waals surface area contributed by atoms with E-state index in [0.29, 0.717) is 12.6 Å². The van der Waals surface area contributed by atoms with E-state index in [4.69, 9.17) is 9.72 Å². The van der Waals surface area contributed by atoms with E-state index in [1.807, 2.05) is 23.1 Å². The van der Waals surface area contributed by atoms with Gasteiger partial charge >= 0.3 is 0 Å². The number of hydrogen-bond donors (Lipinski definition) is 1. The normalized spacial score (nSPS) is 20.8. The molecule has 2 aromatic rings. The average Bonchev–Trinajstić information content (AvgIpc) is 3.11. The highest BCUT2D eigenvalue weighted by atomic mass is 16.5. The summed E-state index contributed by atoms with van der Waals surface area (Å²) in [6, 6.07) is 10.7. The summed E-state index contributed by atoms with van der Waals surface area (Å²) in [6.07, 6.45) is 4.32. The molecular formula is C20H26N4O2. The number of amides is 1. The minimum atomic E-state index is 0.158. The van der Waals surface area contributed by atoms with Crippen molar-refractivity contribution in [3.05, 3.63) is 42.4 Å². The fourth-order valence-electron chi connectivity index (χ4n) is 3.76. The first-order chi connectivity index (χ1) is 12.7. The molecular weight excluding hydrogens is 328 g/mol. The van der Waals surface area contributed by atoms with Gasteiger partial charge in [0.1, 0.15) is 12.4 Å². The standard InChI is InChI=1S/C20H26N4O2/c1-15(25)23-9-7-17(8-10-23)21-11-18-12-24-13-19(22-20(24)14-26-18)16-5-3-2-4-6-16/h2-6,13,17-18,21H,7-12,14H2,1H3. The number of likely N-dealkylation sites (tertiary alicyclic amines) is 1. The topological polar surface area (TPSA) is 59.4 Å². The number of nitrogens with one attached hydrogen (secondary N) is 1. The lowest BCUT2D eigenvalue weighted by atomic mass is 10.0. The molecule has 1 amide bonds. The highest BCUT2D eigenvalue weighted by Crippen LogP contribution is 2.22. The number of imidazole rings is 1. The fourth-order valence-corrected chi connectivity index (χ4v) is 3.76. The molecule has 1 atom stereocenters. The molecule has 1 N–H and O–H groups in total. The number of fused-ring (bicyclic) bond motifs is 1. The molecule has 2 aliphatic rings. The summed E-state index contributed by atoms with van der Waals surface area (Å²) in [7, 11) is 0. The quantitative estimate of drug-likeness (QED) is 0.913. The Bertz CT molecular complexity index is 750. The molecule has 0 bridgehead atoms. The van der Waals surface area contributed by atoms with Crippen LogP contribution in [0.3, 0.4) is 0 Å². The summed E-state index contributed by atoms with van der Waals surface area (Å²) in [6.45, 7) is 5.57. The van der Waals surface area contributed by atoms with Gasteiger partial charge in [-0.1, -0.05) is 30.3 Å². The SMILES string of the molecule is CC(=O)N1CCC(NCC2Cn3cc(-c4ccccc4)nc3CO2)CC1. The number of benzene rings is 1. The molecule has 0 spiro atoms. The Balaban J connectivity index is 1.30. The van der Waals surface area contributed by atoms with Crippen molar-refractivity contribution in [3.8, 4) is 11.3 Å². The van der Waals surface area contributed by atoms with Crippen LogP contribution < -0.4 is 5.32 Å². The van der Waals surface area contributed by atoms with E-state index in [-0.39, 0.29) is 12.0 Å². The molecule has 138 valence electrons. The minimum Gasteiger partial charge on any atom is -0.367 e. The van der Waals surface area contributed by atoms with Crippen LogP contribution in [0.1, 0.15) is 25.6 Å². The Hall–Kier alpha value is -2.18. The van der Waals surface area contributed by atoms with Crippen LogP contribution in [0.4, 0.5) is 0 Å². The molecule has 0 saturated carbocycles. The van der Waals surface area contributed by atoms with Crippen LogP contribution in [0, 0.1) is 0 Å². The number of piperidine rings is 1. The molecule has 26 heavy (non-hydrogen) atoms. The predicted octanol–water partition coefficient (Wildman–Crippen LogP) is 2.05. The summed E-state index contributed by atoms with van der Waals surface area (Å²) < 4.78 is 8.21. The monoisotopic (exact) mass is 354 g/mol. The first-order valence-electron chi connectivity index (χ1n) is 9.41. The maximum absolute atomic E-state index is 11.4. The average molecular weight is 354 g/mol. The molecule has 3 heterocycles. The van der Waals surface area contributed by atoms with E-state index in [1.165, 1.54) is 0 Å². The second kappa shape index (κ2) is 7.60. The minimum absolute atomic E-state index is 0.158. The van der Waals surface area contributed by atoms with Gasteiger partial charge in [0.15, 0.2) is 0 Å². The van der Waals surface area contributed by atoms with Gasteiger partial charge in [0, 0.05) is 44.4 Å². The van der Waals surface area contributed by atoms with Gasteiger partial charge in [-0.2, -0.15) is 0 Å². The van der Waals surface area contributed by atoms with E-state index in [9.17, 15) is 4.79 Å². The van der Waals surface area contributed by atoms with E-state index < -0.39 is 0 Å². The molecule has 2 aliphatic heterocycles. The predicted molar refractivity (Wildman–Crippen MR) is 99.5 cm³/mol. The zero-order chi connectivity index (χ0) is 17.9. The van der Waals surface area contributed by atoms with E-state index in [2.05, 4.69) is 28.2 Å². The summed E-state index contributed by atoms with van der Waals surface area (Å²) >= 11 is 0. The van der Waals surface area contributed by atoms with Crippen molar-refractivity contribution in [1.29, 1.82) is 0 Å². The van der Waals surface area contributed by atoms with Crippen LogP contribution in [0.25, 0.3) is 11.3 Å². The third kappa shape index (κ3) is 3.81. The summed E-state index contributed by atoms with van der Waals surface area (Å²) in [5.41, 5.74) is 2.15. The molecule has 0 radical (unpaired) electrons. The molecule has 6 heteroatoms. The van der Waals surface area contributed by atoms with Gasteiger partial charge in [0.05, 0.1) is 18.3 Å². The van der Waals surface area contributed by atoms with E-state index in [0.717, 1.165) is 56.1 Å². The Labute approximate surface area is 154 Å². The molecule has 1 unspecified atom stereocenters. The molecule has 0 aliphatic carbocycles. The van der Waals surface area contributed by atoms with Gasteiger partial charge in [-0.3, -0.25) is 4.79 Å². The van der Waals surface area contributed by atoms with Gasteiger partial charge < -0.3 is 19.5 Å². The van der Waals surface area contributed by atoms with Gasteiger partial charge in [-0.25, -0.2) is 4.98 Å². The summed E-state index contributed by atoms with van der Waals surface area (Å²) in [4.78, 5) is 18.0. The van der Waals surface area contributed by atoms with Crippen LogP contribution in [0.2, 0.25) is 0 Å². The van der Waals surface area contributed by atoms with Gasteiger partial charge in [0.25, 0.3) is 0 Å². The van der Waals surface area contributed by atoms with Crippen LogP contribution in [-0.2, 0) is 22.7 Å². The van der Waals surface area contributed by atoms with E-state index in [1.54, 1.807) is 6.92 Å². The molecule has 1 fully saturated rings. The van der Waals surface area contributed by atoms with Crippen molar-refractivity contribution in [1.82, 2.24) is 19.8 Å². The zero-order valence-corrected chi connectivity index (χ0v) is 15.2. The maximum atomic E-state index is 11.4. The number of carbonyl (C=O) groups is 1. The second-order valence-electron chi connectivity index (χ2n) is 7.18. The smallest absolute Gasteiger partial charge is 0.219 e. The number of carbonyl (C=O) groups excluding carboxylic acids is 1. The van der Waals surface area contributed by atoms with Crippen molar-refractivity contribution in [2.24, 2.45) is 0 Å². The van der Waals surface area contributed by atoms with Crippen LogP contribution >= 0.6 is 0 Å². The van der Waals surface area contributed by atoms with Crippen LogP contribution in [0.5, 0.6) is 0 Å². The fraction of sp³-hybridized carbons (Fsp3) is 0.500. The Morgan fingerprint density at radius 2 is 2.04 bits per heavy atom. The summed E-state index contributed by atoms with van der Waals surface area (Å²) in [5, 5.41) is 3.62. The largest absolute Gasteiger partial charge is 0.367 e. The van der Waals surface area contributed by atoms with Gasteiger partial charge in [-0.15, -0.1) is 0 Å². The Morgan fingerprint density at radius 3 is 2.77 bits per heavy atom. The van der Waals surface area contributed by atoms with Gasteiger partial charge in [-0.05, 0) is 12.8 Å². The molecule has 1 saturated heterocycles. The van der Waals surface area contributed by atoms with Crippen molar-refractivity contribution < 1.29 is 9.53 Å². The van der Waals surface area contributed by atoms with Crippen LogP contribution in [-0.4, -0.2) is 52.1 Å². The Morgan fingerprint density at radius 1 is 1.27 bits per heavy atom. The lowest BCUT2D eigenvalue weighted by molar-refractivity contribution is -0.129. The van der Waals surface area contributed by atoms with Crippen molar-refractivity contribution in [2.45, 2.75) is 45.1 Å². The lowest BCUT2D eigenvalue weighted by Crippen LogP contribution is -2.47. The van der Waals surface area contributed by atoms with Crippen LogP contribution in [0.15, 0.2) is 36.5 Å². The molecule has 1 aromatic heterocycles. The third-order valence-electron chi connectivity index (χ3n) is 5.35. The Kier molecular flexibility index (Phi) is 5.04. The first-order valence-corrected chi connectivity index (χ1v) is 9.41. The van der Waals surface area contributed by atoms with Crippen molar-refractivity contribution in [2.75, 3.05) is 19.6 Å². The number of hydrogen-bond acceptors (Lipinski definition) is 4. The number of nitrogens with zero attached hydrogens (tertiary/aromatic N) is 3.